The predicted molar refractivity (Wildman–Crippen MR) is 129 cm³/mol. The van der Waals surface area contributed by atoms with Crippen molar-refractivity contribution in [1.82, 2.24) is 4.57 Å². The molecule has 0 aliphatic heterocycles. The molecule has 0 unspecified atom stereocenters. The van der Waals surface area contributed by atoms with Crippen LogP contribution < -0.4 is 10.5 Å². The summed E-state index contributed by atoms with van der Waals surface area (Å²) < 4.78 is 7.87. The van der Waals surface area contributed by atoms with Crippen molar-refractivity contribution >= 4 is 33.5 Å². The predicted octanol–water partition coefficient (Wildman–Crippen LogP) is 5.62. The smallest absolute Gasteiger partial charge is 0.352 e. The molecular formula is C27H21N3O3. The molecule has 162 valence electrons. The molecule has 5 rings (SSSR count). The van der Waals surface area contributed by atoms with Crippen LogP contribution in [0.4, 0.5) is 0 Å². The molecule has 0 radical (unpaired) electrons. The van der Waals surface area contributed by atoms with E-state index in [9.17, 15) is 9.90 Å². The molecule has 5 aromatic rings. The van der Waals surface area contributed by atoms with Crippen LogP contribution in [-0.4, -0.2) is 21.5 Å². The number of carboxylic acid groups (broad SMARTS) is 1. The lowest BCUT2D eigenvalue weighted by molar-refractivity contribution is 0.0686. The molecule has 1 aromatic heterocycles. The Balaban J connectivity index is 1.63. The maximum Gasteiger partial charge on any atom is 0.352 e. The minimum absolute atomic E-state index is 0.0608. The van der Waals surface area contributed by atoms with Crippen LogP contribution in [0.15, 0.2) is 91.0 Å². The monoisotopic (exact) mass is 435 g/mol. The number of para-hydroxylation sites is 1. The highest BCUT2D eigenvalue weighted by molar-refractivity contribution is 6.01. The number of nitrogens with two attached hydrogens (primary N) is 1. The van der Waals surface area contributed by atoms with Gasteiger partial charge in [-0.3, -0.25) is 5.41 Å². The number of carbonyl (C=O) groups is 1. The number of rotatable bonds is 6. The number of amidine groups is 1. The highest BCUT2D eigenvalue weighted by Gasteiger charge is 2.17. The van der Waals surface area contributed by atoms with Gasteiger partial charge < -0.3 is 20.1 Å². The first kappa shape index (κ1) is 20.3. The van der Waals surface area contributed by atoms with Gasteiger partial charge in [0.2, 0.25) is 0 Å². The van der Waals surface area contributed by atoms with Gasteiger partial charge in [-0.2, -0.15) is 0 Å². The number of benzene rings is 4. The van der Waals surface area contributed by atoms with Gasteiger partial charge in [-0.1, -0.05) is 60.7 Å². The van der Waals surface area contributed by atoms with Crippen molar-refractivity contribution < 1.29 is 14.6 Å². The molecular weight excluding hydrogens is 414 g/mol. The van der Waals surface area contributed by atoms with E-state index in [1.165, 1.54) is 0 Å². The fourth-order valence-electron chi connectivity index (χ4n) is 4.13. The third kappa shape index (κ3) is 3.78. The van der Waals surface area contributed by atoms with Crippen LogP contribution in [0.2, 0.25) is 0 Å². The number of ether oxygens (including phenoxy) is 1. The standard InChI is InChI=1S/C27H21N3O3/c28-26(29)18-13-12-17-14-24(27(31)32)30(23(17)15-18)16-19-6-4-10-22-21(19)9-5-11-25(22)33-20-7-2-1-3-8-20/h1-15H,16H2,(H3,28,29)(H,31,32). The quantitative estimate of drug-likeness (QED) is 0.238. The van der Waals surface area contributed by atoms with E-state index in [0.717, 1.165) is 33.2 Å². The second-order valence-electron chi connectivity index (χ2n) is 7.79. The summed E-state index contributed by atoms with van der Waals surface area (Å²) >= 11 is 0. The number of fused-ring (bicyclic) bond motifs is 2. The number of hydrogen-bond acceptors (Lipinski definition) is 3. The summed E-state index contributed by atoms with van der Waals surface area (Å²) in [5, 5.41) is 20.3. The van der Waals surface area contributed by atoms with Crippen LogP contribution in [0.3, 0.4) is 0 Å². The molecule has 4 aromatic carbocycles. The van der Waals surface area contributed by atoms with E-state index in [1.54, 1.807) is 28.8 Å². The summed E-state index contributed by atoms with van der Waals surface area (Å²) in [6.07, 6.45) is 0. The Morgan fingerprint density at radius 3 is 2.42 bits per heavy atom. The molecule has 0 fully saturated rings. The third-order valence-corrected chi connectivity index (χ3v) is 5.71. The van der Waals surface area contributed by atoms with Gasteiger partial charge in [0.05, 0.1) is 0 Å². The normalized spacial score (nSPS) is 11.0. The number of nitrogen functional groups attached to an aromatic ring is 1. The molecule has 0 bridgehead atoms. The number of aromatic nitrogens is 1. The van der Waals surface area contributed by atoms with E-state index in [0.29, 0.717) is 17.6 Å². The molecule has 6 nitrogen and oxygen atoms in total. The van der Waals surface area contributed by atoms with Crippen molar-refractivity contribution in [2.45, 2.75) is 6.54 Å². The average molecular weight is 435 g/mol. The van der Waals surface area contributed by atoms with Gasteiger partial charge in [-0.25, -0.2) is 4.79 Å². The van der Waals surface area contributed by atoms with E-state index in [4.69, 9.17) is 15.9 Å². The number of nitrogens with one attached hydrogen (secondary N) is 1. The Labute approximate surface area is 190 Å². The molecule has 33 heavy (non-hydrogen) atoms. The van der Waals surface area contributed by atoms with Crippen molar-refractivity contribution in [3.05, 3.63) is 108 Å². The Morgan fingerprint density at radius 2 is 1.67 bits per heavy atom. The van der Waals surface area contributed by atoms with Gasteiger partial charge in [0.15, 0.2) is 0 Å². The Bertz CT molecular complexity index is 1520. The highest BCUT2D eigenvalue weighted by Crippen LogP contribution is 2.33. The minimum atomic E-state index is -1.01. The first-order chi connectivity index (χ1) is 16.0. The zero-order valence-electron chi connectivity index (χ0n) is 17.7. The van der Waals surface area contributed by atoms with Gasteiger partial charge >= 0.3 is 5.97 Å². The fourth-order valence-corrected chi connectivity index (χ4v) is 4.13. The lowest BCUT2D eigenvalue weighted by atomic mass is 10.0. The van der Waals surface area contributed by atoms with Crippen LogP contribution in [0.25, 0.3) is 21.7 Å². The van der Waals surface area contributed by atoms with Gasteiger partial charge in [0.25, 0.3) is 0 Å². The van der Waals surface area contributed by atoms with Crippen LogP contribution >= 0.6 is 0 Å². The summed E-state index contributed by atoms with van der Waals surface area (Å²) in [6.45, 7) is 0.346. The first-order valence-corrected chi connectivity index (χ1v) is 10.5. The van der Waals surface area contributed by atoms with Crippen LogP contribution in [0, 0.1) is 5.41 Å². The van der Waals surface area contributed by atoms with Gasteiger partial charge in [0.1, 0.15) is 23.0 Å². The SMILES string of the molecule is N=C(N)c1ccc2cc(C(=O)O)n(Cc3cccc4c(Oc5ccccc5)cccc34)c2c1. The minimum Gasteiger partial charge on any atom is -0.477 e. The second-order valence-corrected chi connectivity index (χ2v) is 7.79. The molecule has 0 aliphatic rings. The number of carboxylic acids is 1. The van der Waals surface area contributed by atoms with E-state index in [1.807, 2.05) is 66.7 Å². The lowest BCUT2D eigenvalue weighted by Gasteiger charge is -2.14. The Kier molecular flexibility index (Phi) is 5.03. The van der Waals surface area contributed by atoms with E-state index in [2.05, 4.69) is 0 Å². The molecule has 0 saturated heterocycles. The molecule has 1 heterocycles. The number of nitrogens with zero attached hydrogens (tertiary/aromatic N) is 1. The molecule has 0 saturated carbocycles. The molecule has 6 heteroatoms. The van der Waals surface area contributed by atoms with Gasteiger partial charge in [0, 0.05) is 28.4 Å². The van der Waals surface area contributed by atoms with Gasteiger partial charge in [-0.15, -0.1) is 0 Å². The van der Waals surface area contributed by atoms with Crippen molar-refractivity contribution in [1.29, 1.82) is 5.41 Å². The largest absolute Gasteiger partial charge is 0.477 e. The summed E-state index contributed by atoms with van der Waals surface area (Å²) in [7, 11) is 0. The van der Waals surface area contributed by atoms with Crippen LogP contribution in [0.1, 0.15) is 21.6 Å². The molecule has 0 spiro atoms. The van der Waals surface area contributed by atoms with E-state index in [-0.39, 0.29) is 11.5 Å². The van der Waals surface area contributed by atoms with Crippen molar-refractivity contribution in [3.63, 3.8) is 0 Å². The zero-order valence-corrected chi connectivity index (χ0v) is 17.7. The Hall–Kier alpha value is -4.58. The molecule has 0 amide bonds. The third-order valence-electron chi connectivity index (χ3n) is 5.71. The summed E-state index contributed by atoms with van der Waals surface area (Å²) in [5.74, 6) is 0.408. The van der Waals surface area contributed by atoms with Crippen molar-refractivity contribution in [2.75, 3.05) is 0 Å². The molecule has 0 aliphatic carbocycles. The first-order valence-electron chi connectivity index (χ1n) is 10.5. The summed E-state index contributed by atoms with van der Waals surface area (Å²) in [4.78, 5) is 12.0. The molecule has 0 atom stereocenters. The number of aromatic carboxylic acids is 1. The van der Waals surface area contributed by atoms with E-state index >= 15 is 0 Å². The topological polar surface area (TPSA) is 101 Å². The summed E-state index contributed by atoms with van der Waals surface area (Å²) in [6, 6.07) is 28.3. The maximum absolute atomic E-state index is 12.0. The summed E-state index contributed by atoms with van der Waals surface area (Å²) in [5.41, 5.74) is 8.08. The number of hydrogen-bond donors (Lipinski definition) is 3. The second kappa shape index (κ2) is 8.16. The van der Waals surface area contributed by atoms with E-state index < -0.39 is 5.97 Å². The molecule has 4 N–H and O–H groups in total. The van der Waals surface area contributed by atoms with Crippen LogP contribution in [0.5, 0.6) is 11.5 Å². The van der Waals surface area contributed by atoms with Gasteiger partial charge in [-0.05, 0) is 41.3 Å². The highest BCUT2D eigenvalue weighted by atomic mass is 16.5. The van der Waals surface area contributed by atoms with Crippen molar-refractivity contribution in [2.24, 2.45) is 5.73 Å². The zero-order chi connectivity index (χ0) is 22.9. The fraction of sp³-hybridized carbons (Fsp3) is 0.0370. The lowest BCUT2D eigenvalue weighted by Crippen LogP contribution is -2.12. The van der Waals surface area contributed by atoms with Crippen LogP contribution in [-0.2, 0) is 6.54 Å². The maximum atomic E-state index is 12.0. The average Bonchev–Trinajstić information content (AvgIpc) is 3.18. The van der Waals surface area contributed by atoms with Crippen molar-refractivity contribution in [3.8, 4) is 11.5 Å². The Morgan fingerprint density at radius 1 is 0.909 bits per heavy atom.